The Morgan fingerprint density at radius 1 is 1.53 bits per heavy atom. The van der Waals surface area contributed by atoms with E-state index in [-0.39, 0.29) is 10.8 Å². The van der Waals surface area contributed by atoms with E-state index in [1.54, 1.807) is 18.2 Å². The molecule has 1 N–H and O–H groups in total. The molecule has 82 valence electrons. The first-order valence-electron chi connectivity index (χ1n) is 5.32. The normalized spacial score (nSPS) is 24.2. The summed E-state index contributed by atoms with van der Waals surface area (Å²) >= 11 is 5.69. The molecule has 2 atom stereocenters. The number of benzene rings is 1. The van der Waals surface area contributed by atoms with Crippen molar-refractivity contribution >= 4 is 11.6 Å². The van der Waals surface area contributed by atoms with E-state index < -0.39 is 0 Å². The van der Waals surface area contributed by atoms with Gasteiger partial charge in [0.25, 0.3) is 0 Å². The van der Waals surface area contributed by atoms with Crippen LogP contribution in [0.5, 0.6) is 0 Å². The molecule has 1 fully saturated rings. The van der Waals surface area contributed by atoms with Crippen LogP contribution < -0.4 is 5.32 Å². The largest absolute Gasteiger partial charge is 0.312 e. The van der Waals surface area contributed by atoms with Gasteiger partial charge in [-0.25, -0.2) is 4.39 Å². The van der Waals surface area contributed by atoms with E-state index in [2.05, 4.69) is 12.2 Å². The number of hydrogen-bond donors (Lipinski definition) is 1. The van der Waals surface area contributed by atoms with Crippen LogP contribution in [0.1, 0.15) is 18.9 Å². The fourth-order valence-electron chi connectivity index (χ4n) is 1.76. The Morgan fingerprint density at radius 3 is 2.93 bits per heavy atom. The molecule has 1 aromatic carbocycles. The quantitative estimate of drug-likeness (QED) is 0.833. The molecule has 0 aromatic heterocycles. The first kappa shape index (κ1) is 10.9. The van der Waals surface area contributed by atoms with Crippen molar-refractivity contribution in [2.24, 2.45) is 11.8 Å². The van der Waals surface area contributed by atoms with Crippen molar-refractivity contribution in [2.75, 3.05) is 6.54 Å². The molecule has 0 heterocycles. The van der Waals surface area contributed by atoms with Crippen molar-refractivity contribution in [1.82, 2.24) is 5.32 Å². The Kier molecular flexibility index (Phi) is 3.27. The lowest BCUT2D eigenvalue weighted by Gasteiger charge is -2.06. The Bertz CT molecular complexity index is 353. The van der Waals surface area contributed by atoms with Gasteiger partial charge in [-0.15, -0.1) is 0 Å². The standard InChI is InChI=1S/C12H15ClFN/c1-8-5-10(8)7-15-6-9-3-2-4-11(13)12(9)14/h2-4,8,10,15H,5-7H2,1H3. The minimum absolute atomic E-state index is 0.203. The Balaban J connectivity index is 1.85. The van der Waals surface area contributed by atoms with Crippen LogP contribution in [0.25, 0.3) is 0 Å². The summed E-state index contributed by atoms with van der Waals surface area (Å²) in [6.07, 6.45) is 1.30. The molecule has 15 heavy (non-hydrogen) atoms. The van der Waals surface area contributed by atoms with Crippen molar-refractivity contribution in [3.8, 4) is 0 Å². The summed E-state index contributed by atoms with van der Waals surface area (Å²) in [5.74, 6) is 1.32. The van der Waals surface area contributed by atoms with E-state index in [4.69, 9.17) is 11.6 Å². The smallest absolute Gasteiger partial charge is 0.146 e. The SMILES string of the molecule is CC1CC1CNCc1cccc(Cl)c1F. The van der Waals surface area contributed by atoms with Gasteiger partial charge in [0.2, 0.25) is 0 Å². The molecule has 1 saturated carbocycles. The summed E-state index contributed by atoms with van der Waals surface area (Å²) in [5, 5.41) is 3.47. The zero-order chi connectivity index (χ0) is 10.8. The molecule has 0 amide bonds. The second kappa shape index (κ2) is 4.50. The molecular weight excluding hydrogens is 213 g/mol. The van der Waals surface area contributed by atoms with Gasteiger partial charge in [0.05, 0.1) is 5.02 Å². The molecule has 2 rings (SSSR count). The minimum atomic E-state index is -0.296. The molecule has 1 aliphatic rings. The fraction of sp³-hybridized carbons (Fsp3) is 0.500. The Labute approximate surface area is 94.6 Å². The van der Waals surface area contributed by atoms with E-state index in [1.807, 2.05) is 0 Å². The van der Waals surface area contributed by atoms with Crippen LogP contribution in [0.3, 0.4) is 0 Å². The number of rotatable bonds is 4. The van der Waals surface area contributed by atoms with E-state index in [0.29, 0.717) is 12.1 Å². The molecule has 0 aliphatic heterocycles. The Morgan fingerprint density at radius 2 is 2.27 bits per heavy atom. The van der Waals surface area contributed by atoms with Crippen LogP contribution in [-0.4, -0.2) is 6.54 Å². The van der Waals surface area contributed by atoms with Crippen LogP contribution in [0.15, 0.2) is 18.2 Å². The highest BCUT2D eigenvalue weighted by Gasteiger charge is 2.31. The lowest BCUT2D eigenvalue weighted by molar-refractivity contribution is 0.569. The van der Waals surface area contributed by atoms with Gasteiger partial charge in [0.15, 0.2) is 0 Å². The van der Waals surface area contributed by atoms with E-state index >= 15 is 0 Å². The molecule has 1 aliphatic carbocycles. The third kappa shape index (κ3) is 2.70. The predicted molar refractivity (Wildman–Crippen MR) is 60.4 cm³/mol. The highest BCUT2D eigenvalue weighted by molar-refractivity contribution is 6.30. The molecule has 3 heteroatoms. The summed E-state index contributed by atoms with van der Waals surface area (Å²) < 4.78 is 13.4. The van der Waals surface area contributed by atoms with E-state index in [9.17, 15) is 4.39 Å². The van der Waals surface area contributed by atoms with Crippen molar-refractivity contribution in [3.05, 3.63) is 34.6 Å². The maximum Gasteiger partial charge on any atom is 0.146 e. The van der Waals surface area contributed by atoms with Crippen LogP contribution in [0, 0.1) is 17.7 Å². The number of halogens is 2. The fourth-order valence-corrected chi connectivity index (χ4v) is 1.95. The second-order valence-electron chi connectivity index (χ2n) is 4.32. The predicted octanol–water partition coefficient (Wildman–Crippen LogP) is 3.22. The highest BCUT2D eigenvalue weighted by atomic mass is 35.5. The molecule has 0 bridgehead atoms. The van der Waals surface area contributed by atoms with Crippen LogP contribution in [0.4, 0.5) is 4.39 Å². The van der Waals surface area contributed by atoms with Gasteiger partial charge in [-0.05, 0) is 30.9 Å². The van der Waals surface area contributed by atoms with Crippen LogP contribution in [0.2, 0.25) is 5.02 Å². The van der Waals surface area contributed by atoms with Gasteiger partial charge in [-0.3, -0.25) is 0 Å². The van der Waals surface area contributed by atoms with Crippen molar-refractivity contribution < 1.29 is 4.39 Å². The summed E-state index contributed by atoms with van der Waals surface area (Å²) in [5.41, 5.74) is 0.649. The first-order chi connectivity index (χ1) is 7.18. The lowest BCUT2D eigenvalue weighted by atomic mass is 10.2. The van der Waals surface area contributed by atoms with Crippen molar-refractivity contribution in [1.29, 1.82) is 0 Å². The summed E-state index contributed by atoms with van der Waals surface area (Å²) in [6.45, 7) is 3.79. The van der Waals surface area contributed by atoms with Crippen molar-refractivity contribution in [3.63, 3.8) is 0 Å². The first-order valence-corrected chi connectivity index (χ1v) is 5.70. The highest BCUT2D eigenvalue weighted by Crippen LogP contribution is 2.36. The minimum Gasteiger partial charge on any atom is -0.312 e. The number of hydrogen-bond acceptors (Lipinski definition) is 1. The average molecular weight is 228 g/mol. The Hall–Kier alpha value is -0.600. The third-order valence-corrected chi connectivity index (χ3v) is 3.32. The molecule has 0 saturated heterocycles. The van der Waals surface area contributed by atoms with E-state index in [1.165, 1.54) is 6.42 Å². The van der Waals surface area contributed by atoms with Crippen LogP contribution in [-0.2, 0) is 6.54 Å². The van der Waals surface area contributed by atoms with Gasteiger partial charge in [0.1, 0.15) is 5.82 Å². The van der Waals surface area contributed by atoms with Gasteiger partial charge in [-0.2, -0.15) is 0 Å². The lowest BCUT2D eigenvalue weighted by Crippen LogP contribution is -2.17. The molecular formula is C12H15ClFN. The summed E-state index contributed by atoms with van der Waals surface area (Å²) in [7, 11) is 0. The zero-order valence-corrected chi connectivity index (χ0v) is 9.52. The molecule has 0 radical (unpaired) electrons. The molecule has 1 nitrogen and oxygen atoms in total. The van der Waals surface area contributed by atoms with Gasteiger partial charge in [0, 0.05) is 12.1 Å². The van der Waals surface area contributed by atoms with Crippen molar-refractivity contribution in [2.45, 2.75) is 19.9 Å². The zero-order valence-electron chi connectivity index (χ0n) is 8.76. The molecule has 2 unspecified atom stereocenters. The third-order valence-electron chi connectivity index (χ3n) is 3.03. The molecule has 0 spiro atoms. The average Bonchev–Trinajstić information content (AvgIpc) is 2.89. The van der Waals surface area contributed by atoms with Crippen LogP contribution >= 0.6 is 11.6 Å². The maximum atomic E-state index is 13.4. The molecule has 1 aromatic rings. The summed E-state index contributed by atoms with van der Waals surface area (Å²) in [4.78, 5) is 0. The van der Waals surface area contributed by atoms with Gasteiger partial charge in [-0.1, -0.05) is 30.7 Å². The van der Waals surface area contributed by atoms with E-state index in [0.717, 1.165) is 18.4 Å². The maximum absolute atomic E-state index is 13.4. The summed E-state index contributed by atoms with van der Waals surface area (Å²) in [6, 6.07) is 5.12. The monoisotopic (exact) mass is 227 g/mol. The van der Waals surface area contributed by atoms with Gasteiger partial charge < -0.3 is 5.32 Å². The second-order valence-corrected chi connectivity index (χ2v) is 4.72. The topological polar surface area (TPSA) is 12.0 Å². The van der Waals surface area contributed by atoms with Gasteiger partial charge >= 0.3 is 0 Å². The number of nitrogens with one attached hydrogen (secondary N) is 1.